The Morgan fingerprint density at radius 1 is 1.17 bits per heavy atom. The van der Waals surface area contributed by atoms with Crippen molar-refractivity contribution in [1.29, 1.82) is 0 Å². The quantitative estimate of drug-likeness (QED) is 0.488. The molecule has 1 aromatic heterocycles. The molecule has 1 unspecified atom stereocenters. The Bertz CT molecular complexity index is 1080. The highest BCUT2D eigenvalue weighted by Gasteiger charge is 2.23. The summed E-state index contributed by atoms with van der Waals surface area (Å²) >= 11 is 0. The molecule has 186 valence electrons. The topological polar surface area (TPSA) is 79.5 Å². The predicted molar refractivity (Wildman–Crippen MR) is 134 cm³/mol. The van der Waals surface area contributed by atoms with Gasteiger partial charge in [0.15, 0.2) is 17.3 Å². The first-order valence-electron chi connectivity index (χ1n) is 12.1. The Hall–Kier alpha value is -3.39. The van der Waals surface area contributed by atoms with E-state index in [-0.39, 0.29) is 11.6 Å². The molecule has 3 aromatic rings. The van der Waals surface area contributed by atoms with Crippen LogP contribution < -0.4 is 19.7 Å². The van der Waals surface area contributed by atoms with Crippen LogP contribution in [0, 0.1) is 5.82 Å². The van der Waals surface area contributed by atoms with E-state index in [0.717, 1.165) is 61.6 Å². The number of halogens is 1. The van der Waals surface area contributed by atoms with E-state index in [1.165, 1.54) is 31.7 Å². The van der Waals surface area contributed by atoms with Gasteiger partial charge in [-0.2, -0.15) is 5.10 Å². The number of hydrogen-bond donors (Lipinski definition) is 2. The summed E-state index contributed by atoms with van der Waals surface area (Å²) in [6.45, 7) is 4.29. The minimum absolute atomic E-state index is 0.0405. The molecule has 2 fully saturated rings. The van der Waals surface area contributed by atoms with Gasteiger partial charge in [0, 0.05) is 43.6 Å². The van der Waals surface area contributed by atoms with Gasteiger partial charge in [0.25, 0.3) is 0 Å². The molecule has 7 nitrogen and oxygen atoms in total. The van der Waals surface area contributed by atoms with Gasteiger partial charge < -0.3 is 19.7 Å². The summed E-state index contributed by atoms with van der Waals surface area (Å²) in [5, 5.41) is 9.72. The van der Waals surface area contributed by atoms with E-state index in [0.29, 0.717) is 17.7 Å². The second-order valence-electron chi connectivity index (χ2n) is 8.98. The van der Waals surface area contributed by atoms with Crippen LogP contribution in [0.15, 0.2) is 54.9 Å². The lowest BCUT2D eigenvalue weighted by molar-refractivity contribution is 0.101. The van der Waals surface area contributed by atoms with Crippen molar-refractivity contribution in [2.45, 2.75) is 44.8 Å². The Balaban J connectivity index is 0.000000308. The Morgan fingerprint density at radius 2 is 1.97 bits per heavy atom. The molecule has 1 saturated carbocycles. The van der Waals surface area contributed by atoms with E-state index in [4.69, 9.17) is 9.47 Å². The number of carbonyl (C=O) groups is 1. The van der Waals surface area contributed by atoms with Gasteiger partial charge in [0.1, 0.15) is 5.82 Å². The van der Waals surface area contributed by atoms with E-state index >= 15 is 0 Å². The fraction of sp³-hybridized carbons (Fsp3) is 0.407. The number of hydrogen-bond acceptors (Lipinski definition) is 6. The molecule has 2 aliphatic rings. The first-order valence-corrected chi connectivity index (χ1v) is 12.1. The van der Waals surface area contributed by atoms with Crippen molar-refractivity contribution in [2.24, 2.45) is 0 Å². The summed E-state index contributed by atoms with van der Waals surface area (Å²) in [6.07, 6.45) is 7.78. The lowest BCUT2D eigenvalue weighted by Crippen LogP contribution is -2.51. The van der Waals surface area contributed by atoms with Crippen molar-refractivity contribution in [3.63, 3.8) is 0 Å². The van der Waals surface area contributed by atoms with E-state index in [1.807, 2.05) is 18.2 Å². The standard InChI is InChI=1S/C22H27FN2O2.C5H6N2O/c1-26-21-10-9-19(14-22(21)27-20-3-2-4-20)25-12-11-24-18(15-25)13-16-5-7-17(23)8-6-16;1-4(8)5-2-6-7-3-5/h5-10,14,18,20,24H,2-4,11-13,15H2,1H3;2-3H,1H3,(H,6,7). The molecule has 1 saturated heterocycles. The summed E-state index contributed by atoms with van der Waals surface area (Å²) in [4.78, 5) is 12.8. The molecular weight excluding hydrogens is 447 g/mol. The minimum atomic E-state index is -0.186. The van der Waals surface area contributed by atoms with E-state index in [9.17, 15) is 9.18 Å². The Morgan fingerprint density at radius 3 is 2.57 bits per heavy atom. The maximum absolute atomic E-state index is 13.1. The number of benzene rings is 2. The van der Waals surface area contributed by atoms with Crippen LogP contribution in [0.25, 0.3) is 0 Å². The largest absolute Gasteiger partial charge is 0.493 e. The van der Waals surface area contributed by atoms with Crippen LogP contribution in [0.2, 0.25) is 0 Å². The van der Waals surface area contributed by atoms with Crippen molar-refractivity contribution in [3.05, 3.63) is 71.8 Å². The van der Waals surface area contributed by atoms with Crippen LogP contribution in [0.1, 0.15) is 42.1 Å². The summed E-state index contributed by atoms with van der Waals surface area (Å²) in [7, 11) is 1.69. The van der Waals surface area contributed by atoms with Gasteiger partial charge in [0.2, 0.25) is 0 Å². The highest BCUT2D eigenvalue weighted by molar-refractivity contribution is 5.93. The summed E-state index contributed by atoms with van der Waals surface area (Å²) in [6, 6.07) is 13.3. The molecule has 5 rings (SSSR count). The van der Waals surface area contributed by atoms with Gasteiger partial charge in [0.05, 0.1) is 25.0 Å². The smallest absolute Gasteiger partial charge is 0.163 e. The van der Waals surface area contributed by atoms with Gasteiger partial charge in [-0.1, -0.05) is 12.1 Å². The second-order valence-corrected chi connectivity index (χ2v) is 8.98. The number of aromatic amines is 1. The van der Waals surface area contributed by atoms with E-state index < -0.39 is 0 Å². The highest BCUT2D eigenvalue weighted by atomic mass is 19.1. The van der Waals surface area contributed by atoms with Gasteiger partial charge in [-0.3, -0.25) is 9.89 Å². The fourth-order valence-electron chi connectivity index (χ4n) is 4.17. The van der Waals surface area contributed by atoms with Gasteiger partial charge in [-0.05, 0) is 62.4 Å². The van der Waals surface area contributed by atoms with Crippen molar-refractivity contribution in [3.8, 4) is 11.5 Å². The number of nitrogens with one attached hydrogen (secondary N) is 2. The van der Waals surface area contributed by atoms with Crippen LogP contribution in [0.3, 0.4) is 0 Å². The Kier molecular flexibility index (Phi) is 8.36. The predicted octanol–water partition coefficient (Wildman–Crippen LogP) is 4.40. The molecule has 35 heavy (non-hydrogen) atoms. The number of H-pyrrole nitrogens is 1. The molecule has 1 aliphatic heterocycles. The number of ether oxygens (including phenoxy) is 2. The van der Waals surface area contributed by atoms with Crippen LogP contribution >= 0.6 is 0 Å². The van der Waals surface area contributed by atoms with Crippen molar-refractivity contribution < 1.29 is 18.7 Å². The van der Waals surface area contributed by atoms with E-state index in [1.54, 1.807) is 13.3 Å². The number of carbonyl (C=O) groups excluding carboxylic acids is 1. The summed E-state index contributed by atoms with van der Waals surface area (Å²) in [5.41, 5.74) is 2.94. The SMILES string of the molecule is CC(=O)c1cn[nH]c1.COc1ccc(N2CCNC(Cc3ccc(F)cc3)C2)cc1OC1CCC1. The van der Waals surface area contributed by atoms with E-state index in [2.05, 4.69) is 32.5 Å². The average molecular weight is 481 g/mol. The van der Waals surface area contributed by atoms with Crippen LogP contribution in [-0.2, 0) is 6.42 Å². The molecule has 0 spiro atoms. The van der Waals surface area contributed by atoms with Gasteiger partial charge >= 0.3 is 0 Å². The van der Waals surface area contributed by atoms with Crippen molar-refractivity contribution >= 4 is 11.5 Å². The third-order valence-electron chi connectivity index (χ3n) is 6.41. The fourth-order valence-corrected chi connectivity index (χ4v) is 4.17. The molecule has 1 aliphatic carbocycles. The third-order valence-corrected chi connectivity index (χ3v) is 6.41. The van der Waals surface area contributed by atoms with Gasteiger partial charge in [-0.25, -0.2) is 4.39 Å². The molecule has 0 radical (unpaired) electrons. The zero-order chi connectivity index (χ0) is 24.6. The number of rotatable bonds is 7. The number of piperazine rings is 1. The molecular formula is C27H33FN4O3. The zero-order valence-corrected chi connectivity index (χ0v) is 20.3. The molecule has 1 atom stereocenters. The molecule has 8 heteroatoms. The van der Waals surface area contributed by atoms with Crippen molar-refractivity contribution in [1.82, 2.24) is 15.5 Å². The second kappa shape index (κ2) is 11.8. The van der Waals surface area contributed by atoms with Crippen molar-refractivity contribution in [2.75, 3.05) is 31.6 Å². The highest BCUT2D eigenvalue weighted by Crippen LogP contribution is 2.35. The molecule has 2 heterocycles. The third kappa shape index (κ3) is 6.82. The van der Waals surface area contributed by atoms with Crippen LogP contribution in [0.4, 0.5) is 10.1 Å². The summed E-state index contributed by atoms with van der Waals surface area (Å²) in [5.74, 6) is 1.49. The molecule has 2 aromatic carbocycles. The van der Waals surface area contributed by atoms with Crippen LogP contribution in [0.5, 0.6) is 11.5 Å². The maximum Gasteiger partial charge on any atom is 0.163 e. The normalized spacial score (nSPS) is 17.7. The lowest BCUT2D eigenvalue weighted by Gasteiger charge is -2.36. The first-order chi connectivity index (χ1) is 17.0. The maximum atomic E-state index is 13.1. The van der Waals surface area contributed by atoms with Gasteiger partial charge in [-0.15, -0.1) is 0 Å². The number of aromatic nitrogens is 2. The molecule has 0 amide bonds. The number of ketones is 1. The number of anilines is 1. The monoisotopic (exact) mass is 480 g/mol. The number of Topliss-reactive ketones (excluding diaryl/α,β-unsaturated/α-hetero) is 1. The lowest BCUT2D eigenvalue weighted by atomic mass is 9.96. The summed E-state index contributed by atoms with van der Waals surface area (Å²) < 4.78 is 24.7. The number of methoxy groups -OCH3 is 1. The minimum Gasteiger partial charge on any atom is -0.493 e. The average Bonchev–Trinajstić information content (AvgIpc) is 3.39. The molecule has 0 bridgehead atoms. The number of nitrogens with zero attached hydrogens (tertiary/aromatic N) is 2. The first kappa shape index (κ1) is 24.7. The molecule has 2 N–H and O–H groups in total. The van der Waals surface area contributed by atoms with Crippen LogP contribution in [-0.4, -0.2) is 54.9 Å². The Labute approximate surface area is 205 Å². The zero-order valence-electron chi connectivity index (χ0n) is 20.3.